The number of thiazole rings is 1. The van der Waals surface area contributed by atoms with Crippen molar-refractivity contribution in [2.75, 3.05) is 19.0 Å². The SMILES string of the molecule is COc1ccc(Nc2nc(C)cc(-n3ccc(-c4nccs4)n3)c2CCO[Si](C)(C)C(C)(C)C)cc1. The van der Waals surface area contributed by atoms with Gasteiger partial charge >= 0.3 is 0 Å². The van der Waals surface area contributed by atoms with E-state index in [2.05, 4.69) is 50.2 Å². The van der Waals surface area contributed by atoms with E-state index in [1.807, 2.05) is 53.5 Å². The molecule has 7 nitrogen and oxygen atoms in total. The van der Waals surface area contributed by atoms with Crippen molar-refractivity contribution < 1.29 is 9.16 Å². The number of aromatic nitrogens is 4. The van der Waals surface area contributed by atoms with Crippen molar-refractivity contribution in [2.45, 2.75) is 52.2 Å². The van der Waals surface area contributed by atoms with Gasteiger partial charge in [-0.15, -0.1) is 11.3 Å². The predicted octanol–water partition coefficient (Wildman–Crippen LogP) is 7.02. The van der Waals surface area contributed by atoms with E-state index in [0.29, 0.717) is 13.0 Å². The standard InChI is InChI=1S/C27H35N5O2SSi/c1-19-18-24(32-15-12-23(31-32)26-28-14-17-35-26)22(13-16-34-36(6,7)27(2,3)4)25(29-19)30-20-8-10-21(33-5)11-9-20/h8-12,14-15,17-18H,13,16H2,1-7H3,(H,29,30). The van der Waals surface area contributed by atoms with E-state index >= 15 is 0 Å². The van der Waals surface area contributed by atoms with Crippen LogP contribution in [-0.2, 0) is 10.8 Å². The fourth-order valence-electron chi connectivity index (χ4n) is 3.59. The highest BCUT2D eigenvalue weighted by Crippen LogP contribution is 2.37. The lowest BCUT2D eigenvalue weighted by molar-refractivity contribution is 0.292. The van der Waals surface area contributed by atoms with Gasteiger partial charge < -0.3 is 14.5 Å². The number of hydrogen-bond acceptors (Lipinski definition) is 7. The molecule has 0 saturated carbocycles. The molecule has 3 aromatic heterocycles. The number of benzene rings is 1. The Morgan fingerprint density at radius 3 is 2.50 bits per heavy atom. The van der Waals surface area contributed by atoms with Gasteiger partial charge in [-0.2, -0.15) is 5.10 Å². The summed E-state index contributed by atoms with van der Waals surface area (Å²) in [5.41, 5.74) is 4.74. The third kappa shape index (κ3) is 5.85. The third-order valence-electron chi connectivity index (χ3n) is 6.69. The van der Waals surface area contributed by atoms with Crippen LogP contribution >= 0.6 is 11.3 Å². The highest BCUT2D eigenvalue weighted by molar-refractivity contribution is 7.13. The fourth-order valence-corrected chi connectivity index (χ4v) is 5.24. The molecule has 0 aliphatic rings. The van der Waals surface area contributed by atoms with E-state index in [1.165, 1.54) is 0 Å². The summed E-state index contributed by atoms with van der Waals surface area (Å²) < 4.78 is 13.8. The quantitative estimate of drug-likeness (QED) is 0.239. The first-order chi connectivity index (χ1) is 17.1. The molecule has 0 fully saturated rings. The first-order valence-corrected chi connectivity index (χ1v) is 15.9. The maximum Gasteiger partial charge on any atom is 0.191 e. The molecule has 4 rings (SSSR count). The van der Waals surface area contributed by atoms with Crippen molar-refractivity contribution >= 4 is 31.2 Å². The van der Waals surface area contributed by atoms with E-state index in [4.69, 9.17) is 19.2 Å². The van der Waals surface area contributed by atoms with Crippen LogP contribution in [0.4, 0.5) is 11.5 Å². The van der Waals surface area contributed by atoms with Gasteiger partial charge in [0, 0.05) is 47.7 Å². The summed E-state index contributed by atoms with van der Waals surface area (Å²) in [5.74, 6) is 1.62. The molecule has 0 unspecified atom stereocenters. The van der Waals surface area contributed by atoms with Crippen LogP contribution in [0.5, 0.6) is 5.75 Å². The zero-order valence-corrected chi connectivity index (χ0v) is 23.9. The minimum Gasteiger partial charge on any atom is -0.497 e. The van der Waals surface area contributed by atoms with Gasteiger partial charge in [0.15, 0.2) is 8.32 Å². The van der Waals surface area contributed by atoms with Crippen molar-refractivity contribution in [2.24, 2.45) is 0 Å². The minimum atomic E-state index is -1.88. The lowest BCUT2D eigenvalue weighted by Gasteiger charge is -2.36. The Labute approximate surface area is 218 Å². The van der Waals surface area contributed by atoms with Crippen LogP contribution in [0.3, 0.4) is 0 Å². The van der Waals surface area contributed by atoms with Gasteiger partial charge in [0.1, 0.15) is 22.3 Å². The number of nitrogens with one attached hydrogen (secondary N) is 1. The summed E-state index contributed by atoms with van der Waals surface area (Å²) in [6, 6.07) is 11.9. The zero-order valence-electron chi connectivity index (χ0n) is 22.1. The van der Waals surface area contributed by atoms with Crippen LogP contribution < -0.4 is 10.1 Å². The molecule has 0 radical (unpaired) electrons. The van der Waals surface area contributed by atoms with Gasteiger partial charge in [-0.3, -0.25) is 0 Å². The van der Waals surface area contributed by atoms with E-state index in [1.54, 1.807) is 24.6 Å². The fraction of sp³-hybridized carbons (Fsp3) is 0.370. The molecule has 0 atom stereocenters. The maximum absolute atomic E-state index is 6.55. The second-order valence-corrected chi connectivity index (χ2v) is 16.0. The molecule has 0 aliphatic carbocycles. The van der Waals surface area contributed by atoms with Gasteiger partial charge in [-0.1, -0.05) is 20.8 Å². The highest BCUT2D eigenvalue weighted by atomic mass is 32.1. The summed E-state index contributed by atoms with van der Waals surface area (Å²) in [5, 5.41) is 11.4. The summed E-state index contributed by atoms with van der Waals surface area (Å²) in [6.45, 7) is 14.0. The smallest absolute Gasteiger partial charge is 0.191 e. The molecule has 9 heteroatoms. The first kappa shape index (κ1) is 26.1. The predicted molar refractivity (Wildman–Crippen MR) is 150 cm³/mol. The van der Waals surface area contributed by atoms with Crippen LogP contribution in [0, 0.1) is 6.92 Å². The number of ether oxygens (including phenoxy) is 1. The molecule has 0 amide bonds. The maximum atomic E-state index is 6.55. The molecule has 36 heavy (non-hydrogen) atoms. The molecular weight excluding hydrogens is 486 g/mol. The van der Waals surface area contributed by atoms with E-state index in [0.717, 1.165) is 44.9 Å². The molecule has 3 heterocycles. The second-order valence-electron chi connectivity index (χ2n) is 10.3. The number of methoxy groups -OCH3 is 1. The minimum absolute atomic E-state index is 0.149. The topological polar surface area (TPSA) is 74.1 Å². The lowest BCUT2D eigenvalue weighted by Crippen LogP contribution is -2.41. The second kappa shape index (κ2) is 10.5. The molecule has 0 bridgehead atoms. The molecular formula is C27H35N5O2SSi. The summed E-state index contributed by atoms with van der Waals surface area (Å²) in [6.07, 6.45) is 4.50. The average molecular weight is 522 g/mol. The van der Waals surface area contributed by atoms with Crippen molar-refractivity contribution in [3.63, 3.8) is 0 Å². The average Bonchev–Trinajstić information content (AvgIpc) is 3.52. The van der Waals surface area contributed by atoms with Crippen molar-refractivity contribution in [1.82, 2.24) is 19.7 Å². The van der Waals surface area contributed by atoms with Crippen molar-refractivity contribution in [3.05, 3.63) is 65.4 Å². The van der Waals surface area contributed by atoms with Gasteiger partial charge in [0.05, 0.1) is 12.8 Å². The van der Waals surface area contributed by atoms with E-state index in [9.17, 15) is 0 Å². The molecule has 190 valence electrons. The van der Waals surface area contributed by atoms with Crippen LogP contribution in [-0.4, -0.2) is 41.8 Å². The Hall–Kier alpha value is -3.01. The highest BCUT2D eigenvalue weighted by Gasteiger charge is 2.37. The number of aryl methyl sites for hydroxylation is 1. The van der Waals surface area contributed by atoms with Crippen LogP contribution in [0.2, 0.25) is 18.1 Å². The van der Waals surface area contributed by atoms with Crippen LogP contribution in [0.15, 0.2) is 54.2 Å². The number of nitrogens with zero attached hydrogens (tertiary/aromatic N) is 4. The van der Waals surface area contributed by atoms with Crippen LogP contribution in [0.25, 0.3) is 16.4 Å². The van der Waals surface area contributed by atoms with Crippen molar-refractivity contribution in [3.8, 4) is 22.1 Å². The zero-order chi connectivity index (χ0) is 25.9. The van der Waals surface area contributed by atoms with E-state index in [-0.39, 0.29) is 5.04 Å². The molecule has 1 N–H and O–H groups in total. The monoisotopic (exact) mass is 521 g/mol. The van der Waals surface area contributed by atoms with Crippen molar-refractivity contribution in [1.29, 1.82) is 0 Å². The Morgan fingerprint density at radius 2 is 1.86 bits per heavy atom. The molecule has 1 aromatic carbocycles. The summed E-state index contributed by atoms with van der Waals surface area (Å²) in [4.78, 5) is 9.29. The summed E-state index contributed by atoms with van der Waals surface area (Å²) >= 11 is 1.58. The molecule has 0 spiro atoms. The third-order valence-corrected chi connectivity index (χ3v) is 12.0. The van der Waals surface area contributed by atoms with Crippen LogP contribution in [0.1, 0.15) is 32.0 Å². The number of pyridine rings is 1. The number of rotatable bonds is 9. The summed E-state index contributed by atoms with van der Waals surface area (Å²) in [7, 11) is -0.217. The first-order valence-electron chi connectivity index (χ1n) is 12.1. The Kier molecular flexibility index (Phi) is 7.63. The Balaban J connectivity index is 1.71. The molecule has 0 aliphatic heterocycles. The lowest BCUT2D eigenvalue weighted by atomic mass is 10.1. The van der Waals surface area contributed by atoms with Gasteiger partial charge in [0.2, 0.25) is 0 Å². The largest absolute Gasteiger partial charge is 0.497 e. The Morgan fingerprint density at radius 1 is 1.11 bits per heavy atom. The van der Waals surface area contributed by atoms with Gasteiger partial charge in [0.25, 0.3) is 0 Å². The van der Waals surface area contributed by atoms with Gasteiger partial charge in [-0.05, 0) is 61.5 Å². The normalized spacial score (nSPS) is 12.1. The van der Waals surface area contributed by atoms with E-state index < -0.39 is 8.32 Å². The number of hydrogen-bond donors (Lipinski definition) is 1. The number of anilines is 2. The molecule has 4 aromatic rings. The Bertz CT molecular complexity index is 1290. The molecule has 0 saturated heterocycles. The van der Waals surface area contributed by atoms with Gasteiger partial charge in [-0.25, -0.2) is 14.6 Å².